The standard InChI is InChI=1S/C13H21NO2S/c1-14(9-12(16)10-15)8-7-11-3-5-13(17-2)6-4-11/h3-6,12,15-16H,7-10H2,1-2H3. The summed E-state index contributed by atoms with van der Waals surface area (Å²) >= 11 is 1.74. The van der Waals surface area contributed by atoms with E-state index in [0.717, 1.165) is 13.0 Å². The number of aliphatic hydroxyl groups is 2. The molecule has 0 aliphatic rings. The van der Waals surface area contributed by atoms with Gasteiger partial charge in [0.1, 0.15) is 0 Å². The zero-order valence-electron chi connectivity index (χ0n) is 10.5. The van der Waals surface area contributed by atoms with Crippen LogP contribution in [0.15, 0.2) is 29.2 Å². The molecule has 1 unspecified atom stereocenters. The number of rotatable bonds is 7. The molecule has 2 N–H and O–H groups in total. The first kappa shape index (κ1) is 14.5. The Morgan fingerprint density at radius 2 is 1.94 bits per heavy atom. The number of likely N-dealkylation sites (N-methyl/N-ethyl adjacent to an activating group) is 1. The minimum absolute atomic E-state index is 0.174. The fraction of sp³-hybridized carbons (Fsp3) is 0.538. The normalized spacial score (nSPS) is 13.0. The minimum Gasteiger partial charge on any atom is -0.394 e. The molecular weight excluding hydrogens is 234 g/mol. The van der Waals surface area contributed by atoms with Crippen LogP contribution in [-0.4, -0.2) is 54.2 Å². The maximum atomic E-state index is 9.30. The lowest BCUT2D eigenvalue weighted by molar-refractivity contribution is 0.0669. The van der Waals surface area contributed by atoms with Crippen molar-refractivity contribution in [3.05, 3.63) is 29.8 Å². The van der Waals surface area contributed by atoms with E-state index in [1.165, 1.54) is 10.5 Å². The van der Waals surface area contributed by atoms with Crippen LogP contribution < -0.4 is 0 Å². The highest BCUT2D eigenvalue weighted by Crippen LogP contribution is 2.15. The van der Waals surface area contributed by atoms with Gasteiger partial charge in [-0.25, -0.2) is 0 Å². The van der Waals surface area contributed by atoms with E-state index >= 15 is 0 Å². The van der Waals surface area contributed by atoms with Gasteiger partial charge in [0, 0.05) is 18.0 Å². The van der Waals surface area contributed by atoms with Crippen molar-refractivity contribution < 1.29 is 10.2 Å². The SMILES string of the molecule is CSc1ccc(CCN(C)CC(O)CO)cc1. The molecule has 3 nitrogen and oxygen atoms in total. The second-order valence-corrected chi connectivity index (χ2v) is 5.08. The molecule has 0 aliphatic carbocycles. The van der Waals surface area contributed by atoms with Gasteiger partial charge in [-0.2, -0.15) is 0 Å². The largest absolute Gasteiger partial charge is 0.394 e. The van der Waals surface area contributed by atoms with E-state index in [4.69, 9.17) is 5.11 Å². The van der Waals surface area contributed by atoms with E-state index in [0.29, 0.717) is 6.54 Å². The summed E-state index contributed by atoms with van der Waals surface area (Å²) < 4.78 is 0. The molecule has 0 heterocycles. The van der Waals surface area contributed by atoms with Gasteiger partial charge in [-0.3, -0.25) is 0 Å². The molecular formula is C13H21NO2S. The van der Waals surface area contributed by atoms with E-state index in [9.17, 15) is 5.11 Å². The summed E-state index contributed by atoms with van der Waals surface area (Å²) in [4.78, 5) is 3.31. The van der Waals surface area contributed by atoms with Crippen molar-refractivity contribution >= 4 is 11.8 Å². The first-order valence-electron chi connectivity index (χ1n) is 5.76. The Balaban J connectivity index is 2.34. The van der Waals surface area contributed by atoms with Crippen LogP contribution in [0.25, 0.3) is 0 Å². The van der Waals surface area contributed by atoms with Crippen molar-refractivity contribution in [2.24, 2.45) is 0 Å². The van der Waals surface area contributed by atoms with E-state index in [1.807, 2.05) is 11.9 Å². The van der Waals surface area contributed by atoms with E-state index in [2.05, 4.69) is 30.5 Å². The molecule has 0 spiro atoms. The van der Waals surface area contributed by atoms with Crippen LogP contribution in [0.2, 0.25) is 0 Å². The van der Waals surface area contributed by atoms with Crippen molar-refractivity contribution in [3.8, 4) is 0 Å². The highest BCUT2D eigenvalue weighted by atomic mass is 32.2. The predicted octanol–water partition coefficient (Wildman–Crippen LogP) is 1.24. The Morgan fingerprint density at radius 1 is 1.29 bits per heavy atom. The van der Waals surface area contributed by atoms with Crippen LogP contribution in [0, 0.1) is 0 Å². The fourth-order valence-corrected chi connectivity index (χ4v) is 2.03. The van der Waals surface area contributed by atoms with Gasteiger partial charge in [-0.15, -0.1) is 11.8 Å². The first-order chi connectivity index (χ1) is 8.15. The molecule has 4 heteroatoms. The second kappa shape index (κ2) is 7.71. The smallest absolute Gasteiger partial charge is 0.0897 e. The van der Waals surface area contributed by atoms with Crippen LogP contribution in [0.1, 0.15) is 5.56 Å². The number of aliphatic hydroxyl groups excluding tert-OH is 2. The van der Waals surface area contributed by atoms with Crippen LogP contribution in [-0.2, 0) is 6.42 Å². The summed E-state index contributed by atoms with van der Waals surface area (Å²) in [7, 11) is 1.95. The van der Waals surface area contributed by atoms with E-state index < -0.39 is 6.10 Å². The first-order valence-corrected chi connectivity index (χ1v) is 6.98. The number of hydrogen-bond donors (Lipinski definition) is 2. The molecule has 1 atom stereocenters. The quantitative estimate of drug-likeness (QED) is 0.719. The molecule has 96 valence electrons. The van der Waals surface area contributed by atoms with Crippen molar-refractivity contribution in [2.45, 2.75) is 17.4 Å². The Morgan fingerprint density at radius 3 is 2.47 bits per heavy atom. The van der Waals surface area contributed by atoms with Gasteiger partial charge >= 0.3 is 0 Å². The summed E-state index contributed by atoms with van der Waals surface area (Å²) in [6.07, 6.45) is 2.39. The van der Waals surface area contributed by atoms with Crippen molar-refractivity contribution in [1.82, 2.24) is 4.90 Å². The zero-order valence-corrected chi connectivity index (χ0v) is 11.3. The Kier molecular flexibility index (Phi) is 6.58. The van der Waals surface area contributed by atoms with Gasteiger partial charge in [0.25, 0.3) is 0 Å². The number of thioether (sulfide) groups is 1. The summed E-state index contributed by atoms with van der Waals surface area (Å²) in [5.74, 6) is 0. The molecule has 0 saturated heterocycles. The maximum Gasteiger partial charge on any atom is 0.0897 e. The van der Waals surface area contributed by atoms with Crippen LogP contribution in [0.4, 0.5) is 0 Å². The van der Waals surface area contributed by atoms with Crippen LogP contribution >= 0.6 is 11.8 Å². The molecule has 0 fully saturated rings. The summed E-state index contributed by atoms with van der Waals surface area (Å²) in [6, 6.07) is 8.54. The van der Waals surface area contributed by atoms with Gasteiger partial charge in [-0.05, 0) is 37.4 Å². The average molecular weight is 255 g/mol. The average Bonchev–Trinajstić information content (AvgIpc) is 2.36. The second-order valence-electron chi connectivity index (χ2n) is 4.20. The van der Waals surface area contributed by atoms with Crippen molar-refractivity contribution in [2.75, 3.05) is 33.0 Å². The van der Waals surface area contributed by atoms with Crippen LogP contribution in [0.5, 0.6) is 0 Å². The van der Waals surface area contributed by atoms with Crippen molar-refractivity contribution in [3.63, 3.8) is 0 Å². The van der Waals surface area contributed by atoms with Gasteiger partial charge in [0.15, 0.2) is 0 Å². The molecule has 1 aromatic carbocycles. The Hall–Kier alpha value is -0.550. The lowest BCUT2D eigenvalue weighted by Gasteiger charge is -2.19. The van der Waals surface area contributed by atoms with Gasteiger partial charge in [0.05, 0.1) is 12.7 Å². The Labute approximate surface area is 107 Å². The molecule has 0 aromatic heterocycles. The molecule has 0 radical (unpaired) electrons. The third-order valence-electron chi connectivity index (χ3n) is 2.67. The monoisotopic (exact) mass is 255 g/mol. The van der Waals surface area contributed by atoms with E-state index in [-0.39, 0.29) is 6.61 Å². The third-order valence-corrected chi connectivity index (χ3v) is 3.42. The number of hydrogen-bond acceptors (Lipinski definition) is 4. The lowest BCUT2D eigenvalue weighted by Crippen LogP contribution is -2.32. The number of nitrogens with zero attached hydrogens (tertiary/aromatic N) is 1. The Bertz CT molecular complexity index is 316. The summed E-state index contributed by atoms with van der Waals surface area (Å²) in [5.41, 5.74) is 1.30. The highest BCUT2D eigenvalue weighted by molar-refractivity contribution is 7.98. The van der Waals surface area contributed by atoms with Gasteiger partial charge in [0.2, 0.25) is 0 Å². The number of benzene rings is 1. The summed E-state index contributed by atoms with van der Waals surface area (Å²) in [5, 5.41) is 18.0. The molecule has 0 bridgehead atoms. The van der Waals surface area contributed by atoms with E-state index in [1.54, 1.807) is 11.8 Å². The lowest BCUT2D eigenvalue weighted by atomic mass is 10.1. The molecule has 0 amide bonds. The molecule has 0 aliphatic heterocycles. The molecule has 1 rings (SSSR count). The molecule has 0 saturated carbocycles. The summed E-state index contributed by atoms with van der Waals surface area (Å²) in [6.45, 7) is 1.22. The topological polar surface area (TPSA) is 43.7 Å². The van der Waals surface area contributed by atoms with Gasteiger partial charge < -0.3 is 15.1 Å². The van der Waals surface area contributed by atoms with Crippen LogP contribution in [0.3, 0.4) is 0 Å². The highest BCUT2D eigenvalue weighted by Gasteiger charge is 2.06. The third kappa shape index (κ3) is 5.55. The fourth-order valence-electron chi connectivity index (χ4n) is 1.62. The van der Waals surface area contributed by atoms with Crippen molar-refractivity contribution in [1.29, 1.82) is 0 Å². The minimum atomic E-state index is -0.640. The maximum absolute atomic E-state index is 9.30. The zero-order chi connectivity index (χ0) is 12.7. The molecule has 1 aromatic rings. The predicted molar refractivity (Wildman–Crippen MR) is 72.5 cm³/mol. The molecule has 17 heavy (non-hydrogen) atoms. The van der Waals surface area contributed by atoms with Gasteiger partial charge in [-0.1, -0.05) is 12.1 Å².